The number of hydrogen-bond acceptors (Lipinski definition) is 0. The normalized spacial score (nSPS) is 23.0. The maximum Gasteiger partial charge on any atom is 0.257 e. The van der Waals surface area contributed by atoms with Gasteiger partial charge < -0.3 is 0 Å². The Labute approximate surface area is 86.1 Å². The molecule has 0 radical (unpaired) electrons. The van der Waals surface area contributed by atoms with E-state index in [-0.39, 0.29) is 0 Å². The van der Waals surface area contributed by atoms with Crippen molar-refractivity contribution in [2.45, 2.75) is 57.0 Å². The van der Waals surface area contributed by atoms with E-state index in [1.165, 1.54) is 25.7 Å². The highest BCUT2D eigenvalue weighted by molar-refractivity contribution is 7.46. The lowest BCUT2D eigenvalue weighted by atomic mass is 10.3. The molecule has 1 atom stereocenters. The Bertz CT molecular complexity index is 141. The standard InChI is InChI=1S/C9H18Cl2Si/c1-3-8(2)12(10,11)9-6-4-5-7-9/h8-9H,3-7H2,1-2H3. The average molecular weight is 225 g/mol. The lowest BCUT2D eigenvalue weighted by molar-refractivity contribution is 0.785. The number of rotatable bonds is 3. The Hall–Kier alpha value is 0.797. The first-order chi connectivity index (χ1) is 5.59. The summed E-state index contributed by atoms with van der Waals surface area (Å²) in [6, 6.07) is 0. The highest BCUT2D eigenvalue weighted by Crippen LogP contribution is 2.49. The molecule has 72 valence electrons. The fourth-order valence-electron chi connectivity index (χ4n) is 1.99. The Morgan fingerprint density at radius 2 is 1.83 bits per heavy atom. The number of hydrogen-bond donors (Lipinski definition) is 0. The summed E-state index contributed by atoms with van der Waals surface area (Å²) in [5.74, 6) is 0. The van der Waals surface area contributed by atoms with Crippen LogP contribution in [0.5, 0.6) is 0 Å². The van der Waals surface area contributed by atoms with E-state index in [4.69, 9.17) is 22.2 Å². The van der Waals surface area contributed by atoms with Crippen LogP contribution in [-0.2, 0) is 0 Å². The smallest absolute Gasteiger partial charge is 0.145 e. The van der Waals surface area contributed by atoms with Gasteiger partial charge in [0.15, 0.2) is 0 Å². The van der Waals surface area contributed by atoms with Crippen molar-refractivity contribution in [1.29, 1.82) is 0 Å². The second kappa shape index (κ2) is 4.34. The van der Waals surface area contributed by atoms with Gasteiger partial charge in [0.2, 0.25) is 0 Å². The molecule has 0 N–H and O–H groups in total. The van der Waals surface area contributed by atoms with Crippen LogP contribution in [0.15, 0.2) is 0 Å². The average Bonchev–Trinajstić information content (AvgIpc) is 2.55. The summed E-state index contributed by atoms with van der Waals surface area (Å²) in [7, 11) is 0. The summed E-state index contributed by atoms with van der Waals surface area (Å²) in [6.45, 7) is 2.47. The third kappa shape index (κ3) is 2.18. The van der Waals surface area contributed by atoms with Crippen molar-refractivity contribution in [1.82, 2.24) is 0 Å². The summed E-state index contributed by atoms with van der Waals surface area (Å²) in [6.07, 6.45) is 6.38. The maximum atomic E-state index is 6.50. The van der Waals surface area contributed by atoms with Gasteiger partial charge in [-0.25, -0.2) is 0 Å². The molecular formula is C9H18Cl2Si. The molecule has 0 aromatic heterocycles. The Morgan fingerprint density at radius 1 is 1.33 bits per heavy atom. The summed E-state index contributed by atoms with van der Waals surface area (Å²) in [5, 5.41) is 0. The third-order valence-corrected chi connectivity index (χ3v) is 10.6. The maximum absolute atomic E-state index is 6.50. The molecule has 12 heavy (non-hydrogen) atoms. The van der Waals surface area contributed by atoms with Crippen molar-refractivity contribution < 1.29 is 0 Å². The zero-order chi connectivity index (χ0) is 9.19. The molecule has 1 fully saturated rings. The fraction of sp³-hybridized carbons (Fsp3) is 1.00. The highest BCUT2D eigenvalue weighted by Gasteiger charge is 2.43. The lowest BCUT2D eigenvalue weighted by Crippen LogP contribution is -2.30. The van der Waals surface area contributed by atoms with Gasteiger partial charge >= 0.3 is 0 Å². The van der Waals surface area contributed by atoms with Crippen molar-refractivity contribution in [3.63, 3.8) is 0 Å². The molecular weight excluding hydrogens is 207 g/mol. The molecule has 1 saturated carbocycles. The molecule has 0 nitrogen and oxygen atoms in total. The van der Waals surface area contributed by atoms with E-state index in [1.54, 1.807) is 0 Å². The second-order valence-electron chi connectivity index (χ2n) is 3.97. The van der Waals surface area contributed by atoms with Crippen LogP contribution < -0.4 is 0 Å². The molecule has 1 unspecified atom stereocenters. The van der Waals surface area contributed by atoms with E-state index in [0.29, 0.717) is 11.1 Å². The molecule has 0 aromatic carbocycles. The molecule has 1 aliphatic rings. The van der Waals surface area contributed by atoms with Gasteiger partial charge in [-0.3, -0.25) is 0 Å². The molecule has 0 aliphatic heterocycles. The van der Waals surface area contributed by atoms with Crippen LogP contribution in [0.1, 0.15) is 46.0 Å². The Kier molecular flexibility index (Phi) is 3.93. The van der Waals surface area contributed by atoms with Gasteiger partial charge in [0.05, 0.1) is 0 Å². The minimum absolute atomic E-state index is 0.559. The minimum Gasteiger partial charge on any atom is -0.145 e. The first-order valence-electron chi connectivity index (χ1n) is 4.96. The Balaban J connectivity index is 2.56. The fourth-order valence-corrected chi connectivity index (χ4v) is 6.75. The van der Waals surface area contributed by atoms with Crippen LogP contribution in [0.4, 0.5) is 0 Å². The zero-order valence-electron chi connectivity index (χ0n) is 7.95. The molecule has 0 bridgehead atoms. The summed E-state index contributed by atoms with van der Waals surface area (Å²) in [5.41, 5.74) is 1.24. The van der Waals surface area contributed by atoms with E-state index in [9.17, 15) is 0 Å². The molecule has 1 rings (SSSR count). The van der Waals surface area contributed by atoms with E-state index in [0.717, 1.165) is 6.42 Å². The van der Waals surface area contributed by atoms with Gasteiger partial charge in [0.1, 0.15) is 0 Å². The zero-order valence-corrected chi connectivity index (χ0v) is 10.5. The second-order valence-corrected chi connectivity index (χ2v) is 11.4. The van der Waals surface area contributed by atoms with Crippen LogP contribution in [-0.4, -0.2) is 6.69 Å². The highest BCUT2D eigenvalue weighted by atomic mass is 35.7. The van der Waals surface area contributed by atoms with Crippen molar-refractivity contribution in [2.75, 3.05) is 0 Å². The van der Waals surface area contributed by atoms with Gasteiger partial charge in [-0.15, -0.1) is 22.2 Å². The quantitative estimate of drug-likeness (QED) is 0.484. The van der Waals surface area contributed by atoms with Crippen molar-refractivity contribution in [3.8, 4) is 0 Å². The topological polar surface area (TPSA) is 0 Å². The van der Waals surface area contributed by atoms with Crippen molar-refractivity contribution in [2.24, 2.45) is 0 Å². The summed E-state index contributed by atoms with van der Waals surface area (Å²) in [4.78, 5) is 0. The predicted molar refractivity (Wildman–Crippen MR) is 59.4 cm³/mol. The van der Waals surface area contributed by atoms with Gasteiger partial charge in [0.25, 0.3) is 6.69 Å². The molecule has 0 spiro atoms. The largest absolute Gasteiger partial charge is 0.257 e. The minimum atomic E-state index is -1.93. The monoisotopic (exact) mass is 224 g/mol. The van der Waals surface area contributed by atoms with E-state index in [2.05, 4.69) is 13.8 Å². The van der Waals surface area contributed by atoms with Gasteiger partial charge in [0, 0.05) is 0 Å². The first-order valence-corrected chi connectivity index (χ1v) is 9.14. The van der Waals surface area contributed by atoms with Crippen LogP contribution in [0.25, 0.3) is 0 Å². The third-order valence-electron chi connectivity index (χ3n) is 3.17. The summed E-state index contributed by atoms with van der Waals surface area (Å²) >= 11 is 13.0. The SMILES string of the molecule is CCC(C)[Si](Cl)(Cl)C1CCCC1. The molecule has 0 heterocycles. The van der Waals surface area contributed by atoms with E-state index in [1.807, 2.05) is 0 Å². The van der Waals surface area contributed by atoms with Crippen LogP contribution in [0, 0.1) is 0 Å². The molecule has 3 heteroatoms. The Morgan fingerprint density at radius 3 is 2.25 bits per heavy atom. The molecule has 0 saturated heterocycles. The van der Waals surface area contributed by atoms with Crippen LogP contribution >= 0.6 is 22.2 Å². The molecule has 0 aromatic rings. The molecule has 0 amide bonds. The molecule has 1 aliphatic carbocycles. The summed E-state index contributed by atoms with van der Waals surface area (Å²) < 4.78 is 0. The van der Waals surface area contributed by atoms with Crippen molar-refractivity contribution in [3.05, 3.63) is 0 Å². The van der Waals surface area contributed by atoms with Gasteiger partial charge in [-0.1, -0.05) is 46.0 Å². The van der Waals surface area contributed by atoms with Crippen molar-refractivity contribution >= 4 is 28.9 Å². The van der Waals surface area contributed by atoms with Gasteiger partial charge in [-0.2, -0.15) is 0 Å². The predicted octanol–water partition coefficient (Wildman–Crippen LogP) is 4.65. The lowest BCUT2D eigenvalue weighted by Gasteiger charge is -2.29. The van der Waals surface area contributed by atoms with Gasteiger partial charge in [-0.05, 0) is 11.1 Å². The number of halogens is 2. The van der Waals surface area contributed by atoms with E-state index < -0.39 is 6.69 Å². The van der Waals surface area contributed by atoms with E-state index >= 15 is 0 Å². The van der Waals surface area contributed by atoms with Crippen LogP contribution in [0.3, 0.4) is 0 Å². The first kappa shape index (κ1) is 10.9. The van der Waals surface area contributed by atoms with Crippen LogP contribution in [0.2, 0.25) is 11.1 Å².